The van der Waals surface area contributed by atoms with E-state index in [1.807, 2.05) is 23.7 Å². The molecule has 11 rings (SSSR count). The maximum atomic E-state index is 6.58. The molecule has 0 saturated carbocycles. The van der Waals surface area contributed by atoms with Crippen molar-refractivity contribution in [1.82, 2.24) is 0 Å². The van der Waals surface area contributed by atoms with Gasteiger partial charge < -0.3 is 8.83 Å². The quantitative estimate of drug-likeness (QED) is 0.179. The number of rotatable bonds is 3. The van der Waals surface area contributed by atoms with E-state index < -0.39 is 0 Å². The Morgan fingerprint density at radius 2 is 1.04 bits per heavy atom. The van der Waals surface area contributed by atoms with Gasteiger partial charge in [0.15, 0.2) is 0 Å². The third kappa shape index (κ3) is 3.82. The molecule has 0 aliphatic rings. The summed E-state index contributed by atoms with van der Waals surface area (Å²) in [7, 11) is 0. The second kappa shape index (κ2) is 10.2. The zero-order valence-corrected chi connectivity index (χ0v) is 27.1. The molecule has 0 spiro atoms. The van der Waals surface area contributed by atoms with Crippen molar-refractivity contribution < 1.29 is 8.83 Å². The lowest BCUT2D eigenvalue weighted by atomic mass is 9.85. The molecule has 3 heteroatoms. The van der Waals surface area contributed by atoms with Gasteiger partial charge in [0.2, 0.25) is 0 Å². The van der Waals surface area contributed by atoms with E-state index >= 15 is 0 Å². The van der Waals surface area contributed by atoms with Crippen LogP contribution in [0.25, 0.3) is 108 Å². The van der Waals surface area contributed by atoms with Crippen molar-refractivity contribution in [3.8, 4) is 33.4 Å². The first-order chi connectivity index (χ1) is 24.3. The van der Waals surface area contributed by atoms with Crippen LogP contribution < -0.4 is 0 Å². The molecule has 0 aliphatic heterocycles. The third-order valence-corrected chi connectivity index (χ3v) is 11.3. The molecule has 0 radical (unpaired) electrons. The standard InChI is InChI=1S/C46H26O2S/c1-2-11-27(12-3-1)37-26-47-46-33(37)23-24-38-45(46)34-22-21-28(25-39(34)48-38)42-29-13-4-6-15-31(29)43(32-16-7-5-14-30(32)42)36-18-10-20-41-44(36)35-17-8-9-19-40(35)49-41/h1-26H. The number of benzene rings is 8. The predicted octanol–water partition coefficient (Wildman–Crippen LogP) is 14.0. The first-order valence-corrected chi connectivity index (χ1v) is 17.4. The smallest absolute Gasteiger partial charge is 0.146 e. The van der Waals surface area contributed by atoms with Crippen molar-refractivity contribution in [3.05, 3.63) is 158 Å². The van der Waals surface area contributed by atoms with Gasteiger partial charge in [0.05, 0.1) is 11.6 Å². The zero-order chi connectivity index (χ0) is 32.1. The summed E-state index contributed by atoms with van der Waals surface area (Å²) >= 11 is 1.87. The Morgan fingerprint density at radius 3 is 1.82 bits per heavy atom. The molecule has 11 aromatic rings. The van der Waals surface area contributed by atoms with E-state index in [9.17, 15) is 0 Å². The normalized spacial score (nSPS) is 12.1. The minimum Gasteiger partial charge on any atom is -0.463 e. The van der Waals surface area contributed by atoms with Crippen LogP contribution in [0.4, 0.5) is 0 Å². The summed E-state index contributed by atoms with van der Waals surface area (Å²) in [4.78, 5) is 0. The number of fused-ring (bicyclic) bond motifs is 10. The van der Waals surface area contributed by atoms with E-state index in [-0.39, 0.29) is 0 Å². The van der Waals surface area contributed by atoms with Crippen LogP contribution in [0.15, 0.2) is 167 Å². The van der Waals surface area contributed by atoms with Crippen molar-refractivity contribution in [2.24, 2.45) is 0 Å². The van der Waals surface area contributed by atoms with Crippen LogP contribution in [0.5, 0.6) is 0 Å². The molecule has 0 N–H and O–H groups in total. The van der Waals surface area contributed by atoms with E-state index in [1.165, 1.54) is 58.4 Å². The summed E-state index contributed by atoms with van der Waals surface area (Å²) in [5.41, 5.74) is 9.67. The number of hydrogen-bond donors (Lipinski definition) is 0. The number of thiophene rings is 1. The van der Waals surface area contributed by atoms with E-state index in [4.69, 9.17) is 8.83 Å². The highest BCUT2D eigenvalue weighted by atomic mass is 32.1. The van der Waals surface area contributed by atoms with Crippen molar-refractivity contribution in [2.45, 2.75) is 0 Å². The predicted molar refractivity (Wildman–Crippen MR) is 208 cm³/mol. The Kier molecular flexibility index (Phi) is 5.57. The van der Waals surface area contributed by atoms with Crippen LogP contribution >= 0.6 is 11.3 Å². The van der Waals surface area contributed by atoms with Gasteiger partial charge in [-0.25, -0.2) is 0 Å². The van der Waals surface area contributed by atoms with Crippen LogP contribution in [0.3, 0.4) is 0 Å². The Hall–Kier alpha value is -6.16. The molecule has 0 saturated heterocycles. The molecular weight excluding hydrogens is 617 g/mol. The summed E-state index contributed by atoms with van der Waals surface area (Å²) in [5.74, 6) is 0. The molecule has 0 fully saturated rings. The molecular formula is C46H26O2S. The number of hydrogen-bond acceptors (Lipinski definition) is 3. The van der Waals surface area contributed by atoms with E-state index in [0.717, 1.165) is 49.6 Å². The molecule has 0 aliphatic carbocycles. The Morgan fingerprint density at radius 1 is 0.388 bits per heavy atom. The summed E-state index contributed by atoms with van der Waals surface area (Å²) in [6.45, 7) is 0. The molecule has 3 heterocycles. The number of furan rings is 2. The van der Waals surface area contributed by atoms with Crippen molar-refractivity contribution >= 4 is 86.0 Å². The van der Waals surface area contributed by atoms with Gasteiger partial charge in [-0.1, -0.05) is 115 Å². The molecule has 2 nitrogen and oxygen atoms in total. The van der Waals surface area contributed by atoms with E-state index in [1.54, 1.807) is 0 Å². The first-order valence-electron chi connectivity index (χ1n) is 16.6. The maximum absolute atomic E-state index is 6.58. The first kappa shape index (κ1) is 26.9. The molecule has 0 amide bonds. The molecule has 228 valence electrons. The largest absolute Gasteiger partial charge is 0.463 e. The van der Waals surface area contributed by atoms with Crippen LogP contribution in [0.2, 0.25) is 0 Å². The van der Waals surface area contributed by atoms with Crippen LogP contribution in [0, 0.1) is 0 Å². The van der Waals surface area contributed by atoms with Gasteiger partial charge in [-0.3, -0.25) is 0 Å². The van der Waals surface area contributed by atoms with Gasteiger partial charge in [0.1, 0.15) is 16.7 Å². The van der Waals surface area contributed by atoms with E-state index in [2.05, 4.69) is 146 Å². The fourth-order valence-corrected chi connectivity index (χ4v) is 9.19. The molecule has 0 unspecified atom stereocenters. The Balaban J connectivity index is 1.17. The highest BCUT2D eigenvalue weighted by Gasteiger charge is 2.21. The minimum atomic E-state index is 0.828. The molecule has 0 atom stereocenters. The average Bonchev–Trinajstić information content (AvgIpc) is 3.87. The van der Waals surface area contributed by atoms with Gasteiger partial charge in [-0.05, 0) is 85.8 Å². The van der Waals surface area contributed by atoms with Crippen LogP contribution in [0.1, 0.15) is 0 Å². The lowest BCUT2D eigenvalue weighted by molar-refractivity contribution is 0.619. The van der Waals surface area contributed by atoms with Gasteiger partial charge in [0.25, 0.3) is 0 Å². The Bertz CT molecular complexity index is 3050. The van der Waals surface area contributed by atoms with Crippen LogP contribution in [-0.2, 0) is 0 Å². The summed E-state index contributed by atoms with van der Waals surface area (Å²) in [5, 5.41) is 10.7. The van der Waals surface area contributed by atoms with Crippen molar-refractivity contribution in [2.75, 3.05) is 0 Å². The topological polar surface area (TPSA) is 26.3 Å². The molecule has 49 heavy (non-hydrogen) atoms. The second-order valence-electron chi connectivity index (χ2n) is 12.8. The minimum absolute atomic E-state index is 0.828. The van der Waals surface area contributed by atoms with Gasteiger partial charge in [-0.2, -0.15) is 0 Å². The van der Waals surface area contributed by atoms with Gasteiger partial charge in [0, 0.05) is 36.5 Å². The fourth-order valence-electron chi connectivity index (χ4n) is 8.06. The summed E-state index contributed by atoms with van der Waals surface area (Å²) < 4.78 is 15.5. The fraction of sp³-hybridized carbons (Fsp3) is 0. The van der Waals surface area contributed by atoms with E-state index in [0.29, 0.717) is 0 Å². The SMILES string of the molecule is c1ccc(-c2coc3c2ccc2oc4cc(-c5c6ccccc6c(-c6cccc7sc8ccccc8c67)c6ccccc56)ccc4c23)cc1. The van der Waals surface area contributed by atoms with Gasteiger partial charge in [-0.15, -0.1) is 11.3 Å². The summed E-state index contributed by atoms with van der Waals surface area (Å²) in [6.07, 6.45) is 1.87. The Labute approximate surface area is 285 Å². The molecule has 0 bridgehead atoms. The van der Waals surface area contributed by atoms with Crippen LogP contribution in [-0.4, -0.2) is 0 Å². The van der Waals surface area contributed by atoms with Crippen molar-refractivity contribution in [3.63, 3.8) is 0 Å². The molecule has 8 aromatic carbocycles. The van der Waals surface area contributed by atoms with Crippen molar-refractivity contribution in [1.29, 1.82) is 0 Å². The highest BCUT2D eigenvalue weighted by molar-refractivity contribution is 7.25. The molecule has 3 aromatic heterocycles. The monoisotopic (exact) mass is 642 g/mol. The lowest BCUT2D eigenvalue weighted by Crippen LogP contribution is -1.91. The third-order valence-electron chi connectivity index (χ3n) is 10.2. The lowest BCUT2D eigenvalue weighted by Gasteiger charge is -2.18. The zero-order valence-electron chi connectivity index (χ0n) is 26.2. The second-order valence-corrected chi connectivity index (χ2v) is 13.8. The summed E-state index contributed by atoms with van der Waals surface area (Å²) in [6, 6.07) is 54.5. The average molecular weight is 643 g/mol. The maximum Gasteiger partial charge on any atom is 0.146 e. The van der Waals surface area contributed by atoms with Gasteiger partial charge >= 0.3 is 0 Å². The highest BCUT2D eigenvalue weighted by Crippen LogP contribution is 2.48.